The first-order valence-electron chi connectivity index (χ1n) is 7.68. The predicted molar refractivity (Wildman–Crippen MR) is 73.7 cm³/mol. The van der Waals surface area contributed by atoms with Crippen molar-refractivity contribution in [3.8, 4) is 6.07 Å². The molecule has 0 radical (unpaired) electrons. The molecule has 0 amide bonds. The van der Waals surface area contributed by atoms with Crippen LogP contribution in [-0.4, -0.2) is 0 Å². The van der Waals surface area contributed by atoms with Gasteiger partial charge >= 0.3 is 0 Å². The lowest BCUT2D eigenvalue weighted by Crippen LogP contribution is -2.13. The van der Waals surface area contributed by atoms with E-state index in [1.807, 2.05) is 0 Å². The van der Waals surface area contributed by atoms with Gasteiger partial charge in [0.1, 0.15) is 0 Å². The Morgan fingerprint density at radius 2 is 0.941 bits per heavy atom. The van der Waals surface area contributed by atoms with Crippen molar-refractivity contribution in [2.75, 3.05) is 0 Å². The van der Waals surface area contributed by atoms with Gasteiger partial charge in [-0.1, -0.05) is 70.6 Å². The summed E-state index contributed by atoms with van der Waals surface area (Å²) >= 11 is 0. The summed E-state index contributed by atoms with van der Waals surface area (Å²) in [4.78, 5) is 0. The fourth-order valence-corrected chi connectivity index (χ4v) is 2.86. The Kier molecular flexibility index (Phi) is 7.33. The smallest absolute Gasteiger partial charge is 0.0686 e. The third-order valence-electron chi connectivity index (χ3n) is 4.23. The van der Waals surface area contributed by atoms with Crippen molar-refractivity contribution < 1.29 is 0 Å². The fourth-order valence-electron chi connectivity index (χ4n) is 2.86. The maximum atomic E-state index is 9.31. The zero-order valence-electron chi connectivity index (χ0n) is 11.6. The maximum absolute atomic E-state index is 9.31. The van der Waals surface area contributed by atoms with Crippen LogP contribution in [-0.2, 0) is 0 Å². The van der Waals surface area contributed by atoms with Crippen LogP contribution in [0.2, 0.25) is 0 Å². The van der Waals surface area contributed by atoms with Crippen molar-refractivity contribution in [3.63, 3.8) is 0 Å². The lowest BCUT2D eigenvalue weighted by atomic mass is 9.81. The van der Waals surface area contributed by atoms with Crippen LogP contribution < -0.4 is 0 Å². The third-order valence-corrected chi connectivity index (χ3v) is 4.23. The second kappa shape index (κ2) is 8.56. The average molecular weight is 235 g/mol. The monoisotopic (exact) mass is 235 g/mol. The maximum Gasteiger partial charge on any atom is 0.0686 e. The molecular weight excluding hydrogens is 206 g/mol. The molecule has 0 aromatic carbocycles. The van der Waals surface area contributed by atoms with Crippen LogP contribution in [0.25, 0.3) is 0 Å². The molecule has 0 atom stereocenters. The molecule has 1 nitrogen and oxygen atoms in total. The summed E-state index contributed by atoms with van der Waals surface area (Å²) in [5.41, 5.74) is -0.0376. The number of hydrogen-bond acceptors (Lipinski definition) is 1. The molecule has 0 spiro atoms. The van der Waals surface area contributed by atoms with Gasteiger partial charge in [0.25, 0.3) is 0 Å². The highest BCUT2D eigenvalue weighted by Crippen LogP contribution is 2.30. The van der Waals surface area contributed by atoms with Crippen LogP contribution in [0.1, 0.15) is 90.4 Å². The second-order valence-electron chi connectivity index (χ2n) is 6.06. The minimum atomic E-state index is -0.0376. The standard InChI is InChI=1S/C16H29N/c1-16(15-17)13-11-9-7-5-3-2-4-6-8-10-12-14-16/h2-14H2,1H3. The van der Waals surface area contributed by atoms with Crippen molar-refractivity contribution in [2.45, 2.75) is 90.4 Å². The molecule has 1 saturated carbocycles. The summed E-state index contributed by atoms with van der Waals surface area (Å²) in [6.45, 7) is 2.17. The van der Waals surface area contributed by atoms with Crippen molar-refractivity contribution in [3.05, 3.63) is 0 Å². The minimum absolute atomic E-state index is 0.0376. The van der Waals surface area contributed by atoms with E-state index in [0.29, 0.717) is 0 Å². The highest BCUT2D eigenvalue weighted by molar-refractivity contribution is 4.95. The molecule has 1 aliphatic carbocycles. The van der Waals surface area contributed by atoms with Crippen LogP contribution >= 0.6 is 0 Å². The Bertz CT molecular complexity index is 212. The van der Waals surface area contributed by atoms with Gasteiger partial charge in [0.05, 0.1) is 11.5 Å². The van der Waals surface area contributed by atoms with Gasteiger partial charge in [-0.2, -0.15) is 5.26 Å². The van der Waals surface area contributed by atoms with Crippen molar-refractivity contribution in [1.29, 1.82) is 5.26 Å². The van der Waals surface area contributed by atoms with Crippen LogP contribution in [0.15, 0.2) is 0 Å². The summed E-state index contributed by atoms with van der Waals surface area (Å²) in [7, 11) is 0. The van der Waals surface area contributed by atoms with Gasteiger partial charge in [0, 0.05) is 0 Å². The van der Waals surface area contributed by atoms with E-state index in [4.69, 9.17) is 0 Å². The number of nitrogens with zero attached hydrogens (tertiary/aromatic N) is 1. The van der Waals surface area contributed by atoms with Crippen molar-refractivity contribution in [2.24, 2.45) is 5.41 Å². The SMILES string of the molecule is CC1(C#N)CCCCCCCCCCCCC1. The molecule has 98 valence electrons. The van der Waals surface area contributed by atoms with Gasteiger partial charge < -0.3 is 0 Å². The largest absolute Gasteiger partial charge is 0.198 e. The second-order valence-corrected chi connectivity index (χ2v) is 6.06. The van der Waals surface area contributed by atoms with Crippen LogP contribution in [0, 0.1) is 16.7 Å². The Morgan fingerprint density at radius 3 is 1.24 bits per heavy atom. The molecule has 1 rings (SSSR count). The Morgan fingerprint density at radius 1 is 0.647 bits per heavy atom. The van der Waals surface area contributed by atoms with Crippen LogP contribution in [0.3, 0.4) is 0 Å². The summed E-state index contributed by atoms with van der Waals surface area (Å²) in [5.74, 6) is 0. The minimum Gasteiger partial charge on any atom is -0.198 e. The molecule has 0 unspecified atom stereocenters. The van der Waals surface area contributed by atoms with Gasteiger partial charge in [-0.3, -0.25) is 0 Å². The fraction of sp³-hybridized carbons (Fsp3) is 0.938. The molecule has 0 N–H and O–H groups in total. The lowest BCUT2D eigenvalue weighted by Gasteiger charge is -2.21. The van der Waals surface area contributed by atoms with E-state index >= 15 is 0 Å². The van der Waals surface area contributed by atoms with Gasteiger partial charge in [-0.25, -0.2) is 0 Å². The zero-order valence-corrected chi connectivity index (χ0v) is 11.6. The van der Waals surface area contributed by atoms with E-state index in [2.05, 4.69) is 13.0 Å². The highest BCUT2D eigenvalue weighted by Gasteiger charge is 2.22. The van der Waals surface area contributed by atoms with E-state index in [-0.39, 0.29) is 5.41 Å². The van der Waals surface area contributed by atoms with E-state index in [1.54, 1.807) is 0 Å². The van der Waals surface area contributed by atoms with E-state index in [0.717, 1.165) is 12.8 Å². The van der Waals surface area contributed by atoms with Gasteiger partial charge in [0.2, 0.25) is 0 Å². The summed E-state index contributed by atoms with van der Waals surface area (Å²) in [5, 5.41) is 9.31. The molecule has 0 heterocycles. The third kappa shape index (κ3) is 6.71. The van der Waals surface area contributed by atoms with Gasteiger partial charge in [-0.05, 0) is 19.8 Å². The average Bonchev–Trinajstić information content (AvgIpc) is 2.34. The van der Waals surface area contributed by atoms with E-state index < -0.39 is 0 Å². The molecule has 1 aliphatic rings. The molecule has 0 aliphatic heterocycles. The number of hydrogen-bond donors (Lipinski definition) is 0. The molecule has 0 aromatic rings. The Labute approximate surface area is 108 Å². The highest BCUT2D eigenvalue weighted by atomic mass is 14.3. The normalized spacial score (nSPS) is 24.5. The number of nitriles is 1. The lowest BCUT2D eigenvalue weighted by molar-refractivity contribution is 0.336. The van der Waals surface area contributed by atoms with Crippen molar-refractivity contribution >= 4 is 0 Å². The molecular formula is C16H29N. The zero-order chi connectivity index (χ0) is 12.4. The first kappa shape index (κ1) is 14.6. The Balaban J connectivity index is 2.33. The molecule has 0 saturated heterocycles. The van der Waals surface area contributed by atoms with Crippen LogP contribution in [0.4, 0.5) is 0 Å². The van der Waals surface area contributed by atoms with Crippen molar-refractivity contribution in [1.82, 2.24) is 0 Å². The summed E-state index contributed by atoms with van der Waals surface area (Å²) < 4.78 is 0. The molecule has 0 bridgehead atoms. The van der Waals surface area contributed by atoms with Gasteiger partial charge in [0.15, 0.2) is 0 Å². The summed E-state index contributed by atoms with van der Waals surface area (Å²) in [6.07, 6.45) is 17.3. The Hall–Kier alpha value is -0.510. The predicted octanol–water partition coefficient (Wildman–Crippen LogP) is 5.60. The van der Waals surface area contributed by atoms with Crippen LogP contribution in [0.5, 0.6) is 0 Å². The number of rotatable bonds is 0. The van der Waals surface area contributed by atoms with E-state index in [9.17, 15) is 5.26 Å². The molecule has 0 aromatic heterocycles. The quantitative estimate of drug-likeness (QED) is 0.536. The molecule has 17 heavy (non-hydrogen) atoms. The molecule has 1 fully saturated rings. The first-order valence-corrected chi connectivity index (χ1v) is 7.68. The topological polar surface area (TPSA) is 23.8 Å². The van der Waals surface area contributed by atoms with E-state index in [1.165, 1.54) is 70.6 Å². The first-order chi connectivity index (χ1) is 8.27. The molecule has 1 heteroatoms. The summed E-state index contributed by atoms with van der Waals surface area (Å²) in [6, 6.07) is 2.56. The van der Waals surface area contributed by atoms with Gasteiger partial charge in [-0.15, -0.1) is 0 Å².